The van der Waals surface area contributed by atoms with Gasteiger partial charge in [-0.25, -0.2) is 4.79 Å². The number of halogens is 2. The van der Waals surface area contributed by atoms with E-state index in [0.29, 0.717) is 48.3 Å². The van der Waals surface area contributed by atoms with Crippen LogP contribution in [0.5, 0.6) is 5.75 Å². The molecule has 232 valence electrons. The normalized spacial score (nSPS) is 16.9. The van der Waals surface area contributed by atoms with Crippen molar-refractivity contribution in [3.63, 3.8) is 0 Å². The number of carbonyl (C=O) groups excluding carboxylic acids is 2. The molecular weight excluding hydrogens is 605 g/mol. The van der Waals surface area contributed by atoms with E-state index >= 15 is 0 Å². The molecule has 2 heterocycles. The average Bonchev–Trinajstić information content (AvgIpc) is 3.23. The highest BCUT2D eigenvalue weighted by Crippen LogP contribution is 2.47. The van der Waals surface area contributed by atoms with Gasteiger partial charge < -0.3 is 14.5 Å². The van der Waals surface area contributed by atoms with Gasteiger partial charge in [-0.1, -0.05) is 71.7 Å². The van der Waals surface area contributed by atoms with E-state index in [1.165, 1.54) is 0 Å². The standard InChI is InChI=1S/C37H37Cl2N3O3/c1-4-40-19-18-26(14-17-35(40)43)27-20-30(29-9-5-6-10-32(29)38)31-23-41(22-25-12-15-28(45-3)16-13-25)37(44)42(34(31)21-27)36-24(2)8-7-11-33(36)39/h5-13,15-16,20-21,26H,4,14,17-19,22-23H2,1-3H3. The number of rotatable bonds is 7. The highest BCUT2D eigenvalue weighted by molar-refractivity contribution is 6.34. The van der Waals surface area contributed by atoms with E-state index in [1.807, 2.05) is 90.4 Å². The smallest absolute Gasteiger partial charge is 0.329 e. The van der Waals surface area contributed by atoms with E-state index in [1.54, 1.807) is 12.0 Å². The van der Waals surface area contributed by atoms with Crippen molar-refractivity contribution in [1.82, 2.24) is 9.80 Å². The number of hydrogen-bond acceptors (Lipinski definition) is 3. The molecule has 1 atom stereocenters. The molecule has 6 rings (SSSR count). The van der Waals surface area contributed by atoms with Crippen LogP contribution >= 0.6 is 23.2 Å². The maximum absolute atomic E-state index is 14.6. The number of anilines is 2. The molecule has 0 aromatic heterocycles. The van der Waals surface area contributed by atoms with Crippen molar-refractivity contribution >= 4 is 46.5 Å². The molecule has 0 radical (unpaired) electrons. The van der Waals surface area contributed by atoms with E-state index in [4.69, 9.17) is 27.9 Å². The Kier molecular flexibility index (Phi) is 9.06. The Balaban J connectivity index is 1.54. The van der Waals surface area contributed by atoms with Crippen molar-refractivity contribution in [1.29, 1.82) is 0 Å². The number of carbonyl (C=O) groups is 2. The summed E-state index contributed by atoms with van der Waals surface area (Å²) in [4.78, 5) is 33.0. The first-order valence-corrected chi connectivity index (χ1v) is 16.2. The van der Waals surface area contributed by atoms with Gasteiger partial charge in [0.2, 0.25) is 5.91 Å². The molecule has 0 aliphatic carbocycles. The number of methoxy groups -OCH3 is 1. The first kappa shape index (κ1) is 31.0. The van der Waals surface area contributed by atoms with Crippen molar-refractivity contribution in [3.05, 3.63) is 111 Å². The quantitative estimate of drug-likeness (QED) is 0.202. The van der Waals surface area contributed by atoms with E-state index < -0.39 is 0 Å². The third-order valence-electron chi connectivity index (χ3n) is 9.07. The molecule has 3 amide bonds. The topological polar surface area (TPSA) is 53.1 Å². The van der Waals surface area contributed by atoms with Crippen LogP contribution in [0.25, 0.3) is 11.1 Å². The minimum atomic E-state index is -0.148. The van der Waals surface area contributed by atoms with Crippen LogP contribution in [0, 0.1) is 6.92 Å². The first-order valence-electron chi connectivity index (χ1n) is 15.5. The zero-order valence-electron chi connectivity index (χ0n) is 25.9. The number of ether oxygens (including phenoxy) is 1. The molecule has 0 N–H and O–H groups in total. The maximum Gasteiger partial charge on any atom is 0.329 e. The van der Waals surface area contributed by atoms with Crippen molar-refractivity contribution < 1.29 is 14.3 Å². The van der Waals surface area contributed by atoms with E-state index in [0.717, 1.165) is 57.7 Å². The van der Waals surface area contributed by atoms with Crippen molar-refractivity contribution in [2.24, 2.45) is 0 Å². The van der Waals surface area contributed by atoms with Gasteiger partial charge in [-0.3, -0.25) is 9.69 Å². The molecule has 1 fully saturated rings. The Morgan fingerprint density at radius 2 is 1.62 bits per heavy atom. The highest BCUT2D eigenvalue weighted by Gasteiger charge is 2.36. The summed E-state index contributed by atoms with van der Waals surface area (Å²) in [6.45, 7) is 6.22. The van der Waals surface area contributed by atoms with Crippen LogP contribution in [0.2, 0.25) is 10.0 Å². The van der Waals surface area contributed by atoms with Gasteiger partial charge in [-0.2, -0.15) is 0 Å². The Morgan fingerprint density at radius 3 is 2.33 bits per heavy atom. The van der Waals surface area contributed by atoms with Gasteiger partial charge in [-0.15, -0.1) is 0 Å². The van der Waals surface area contributed by atoms with Gasteiger partial charge in [0, 0.05) is 42.2 Å². The summed E-state index contributed by atoms with van der Waals surface area (Å²) in [6.07, 6.45) is 2.10. The third kappa shape index (κ3) is 6.14. The predicted molar refractivity (Wildman–Crippen MR) is 182 cm³/mol. The Hall–Kier alpha value is -4.00. The second-order valence-electron chi connectivity index (χ2n) is 11.8. The van der Waals surface area contributed by atoms with Crippen LogP contribution in [0.15, 0.2) is 78.9 Å². The number of likely N-dealkylation sites (tertiary alicyclic amines) is 1. The number of amides is 3. The largest absolute Gasteiger partial charge is 0.497 e. The van der Waals surface area contributed by atoms with Gasteiger partial charge in [0.05, 0.1) is 30.1 Å². The van der Waals surface area contributed by atoms with Crippen LogP contribution < -0.4 is 9.64 Å². The van der Waals surface area contributed by atoms with E-state index in [2.05, 4.69) is 12.1 Å². The number of hydrogen-bond donors (Lipinski definition) is 0. The van der Waals surface area contributed by atoms with Crippen molar-refractivity contribution in [2.45, 2.75) is 52.1 Å². The fourth-order valence-corrected chi connectivity index (χ4v) is 7.15. The number of urea groups is 1. The summed E-state index contributed by atoms with van der Waals surface area (Å²) in [5, 5.41) is 1.15. The molecule has 6 nitrogen and oxygen atoms in total. The van der Waals surface area contributed by atoms with Crippen LogP contribution in [0.3, 0.4) is 0 Å². The van der Waals surface area contributed by atoms with Crippen LogP contribution in [-0.4, -0.2) is 41.9 Å². The lowest BCUT2D eigenvalue weighted by molar-refractivity contribution is -0.130. The lowest BCUT2D eigenvalue weighted by Crippen LogP contribution is -2.45. The zero-order valence-corrected chi connectivity index (χ0v) is 27.4. The lowest BCUT2D eigenvalue weighted by Gasteiger charge is -2.40. The molecule has 4 aromatic carbocycles. The van der Waals surface area contributed by atoms with Gasteiger partial charge in [0.25, 0.3) is 0 Å². The van der Waals surface area contributed by atoms with Crippen molar-refractivity contribution in [3.8, 4) is 16.9 Å². The van der Waals surface area contributed by atoms with Gasteiger partial charge in [0.15, 0.2) is 0 Å². The average molecular weight is 643 g/mol. The fraction of sp³-hybridized carbons (Fsp3) is 0.297. The molecule has 45 heavy (non-hydrogen) atoms. The first-order chi connectivity index (χ1) is 21.8. The molecule has 8 heteroatoms. The Labute approximate surface area is 275 Å². The van der Waals surface area contributed by atoms with Crippen molar-refractivity contribution in [2.75, 3.05) is 25.1 Å². The molecule has 0 bridgehead atoms. The number of aryl methyl sites for hydroxylation is 1. The maximum atomic E-state index is 14.6. The molecule has 4 aromatic rings. The Morgan fingerprint density at radius 1 is 0.867 bits per heavy atom. The van der Waals surface area contributed by atoms with E-state index in [9.17, 15) is 9.59 Å². The minimum absolute atomic E-state index is 0.148. The summed E-state index contributed by atoms with van der Waals surface area (Å²) < 4.78 is 5.35. The summed E-state index contributed by atoms with van der Waals surface area (Å²) in [6, 6.07) is 25.6. The number of benzene rings is 4. The van der Waals surface area contributed by atoms with Gasteiger partial charge in [0.1, 0.15) is 5.75 Å². The lowest BCUT2D eigenvalue weighted by atomic mass is 9.86. The molecule has 1 unspecified atom stereocenters. The number of para-hydroxylation sites is 1. The minimum Gasteiger partial charge on any atom is -0.497 e. The molecule has 0 spiro atoms. The molecule has 1 saturated heterocycles. The molecule has 2 aliphatic rings. The second-order valence-corrected chi connectivity index (χ2v) is 12.6. The van der Waals surface area contributed by atoms with Gasteiger partial charge in [-0.05, 0) is 85.2 Å². The monoisotopic (exact) mass is 641 g/mol. The SMILES string of the molecule is CCN1CCC(c2cc(-c3ccccc3Cl)c3c(c2)N(c2c(C)cccc2Cl)C(=O)N(Cc2ccc(OC)cc2)C3)CCC1=O. The molecular formula is C37H37Cl2N3O3. The Bertz CT molecular complexity index is 1720. The summed E-state index contributed by atoms with van der Waals surface area (Å²) in [5.74, 6) is 1.11. The third-order valence-corrected chi connectivity index (χ3v) is 9.70. The second kappa shape index (κ2) is 13.2. The highest BCUT2D eigenvalue weighted by atomic mass is 35.5. The molecule has 2 aliphatic heterocycles. The number of fused-ring (bicyclic) bond motifs is 1. The summed E-state index contributed by atoms with van der Waals surface area (Å²) in [7, 11) is 1.64. The molecule has 0 saturated carbocycles. The zero-order chi connectivity index (χ0) is 31.7. The summed E-state index contributed by atoms with van der Waals surface area (Å²) in [5.41, 5.74) is 7.35. The van der Waals surface area contributed by atoms with E-state index in [-0.39, 0.29) is 17.9 Å². The van der Waals surface area contributed by atoms with Crippen LogP contribution in [-0.2, 0) is 17.9 Å². The van der Waals surface area contributed by atoms with Crippen LogP contribution in [0.1, 0.15) is 54.4 Å². The summed E-state index contributed by atoms with van der Waals surface area (Å²) >= 11 is 13.8. The van der Waals surface area contributed by atoms with Crippen LogP contribution in [0.4, 0.5) is 16.2 Å². The predicted octanol–water partition coefficient (Wildman–Crippen LogP) is 9.37. The van der Waals surface area contributed by atoms with Gasteiger partial charge >= 0.3 is 6.03 Å². The fourth-order valence-electron chi connectivity index (χ4n) is 6.60. The number of nitrogens with zero attached hydrogens (tertiary/aromatic N) is 3.